The minimum atomic E-state index is -0.225. The van der Waals surface area contributed by atoms with Gasteiger partial charge in [-0.1, -0.05) is 13.8 Å². The number of amides is 1. The van der Waals surface area contributed by atoms with E-state index in [4.69, 9.17) is 5.73 Å². The fourth-order valence-electron chi connectivity index (χ4n) is 6.39. The van der Waals surface area contributed by atoms with E-state index < -0.39 is 0 Å². The number of thiophene rings is 1. The highest BCUT2D eigenvalue weighted by Crippen LogP contribution is 2.62. The second-order valence-electron chi connectivity index (χ2n) is 10.7. The van der Waals surface area contributed by atoms with Crippen molar-refractivity contribution < 1.29 is 4.79 Å². The molecule has 4 aromatic heterocycles. The molecule has 0 spiro atoms. The van der Waals surface area contributed by atoms with E-state index in [-0.39, 0.29) is 11.3 Å². The molecule has 1 aliphatic carbocycles. The Bertz CT molecular complexity index is 1460. The molecule has 34 heavy (non-hydrogen) atoms. The van der Waals surface area contributed by atoms with Gasteiger partial charge in [0.15, 0.2) is 5.65 Å². The van der Waals surface area contributed by atoms with Crippen LogP contribution in [0.1, 0.15) is 59.7 Å². The topological polar surface area (TPSA) is 92.3 Å². The minimum Gasteiger partial charge on any atom is -0.369 e. The van der Waals surface area contributed by atoms with Crippen molar-refractivity contribution in [2.24, 2.45) is 11.7 Å². The van der Waals surface area contributed by atoms with Gasteiger partial charge >= 0.3 is 0 Å². The van der Waals surface area contributed by atoms with E-state index in [2.05, 4.69) is 60.8 Å². The Balaban J connectivity index is 1.45. The van der Waals surface area contributed by atoms with Crippen molar-refractivity contribution in [1.82, 2.24) is 24.5 Å². The number of hydrogen-bond donors (Lipinski definition) is 2. The molecule has 1 amide bonds. The SMILES string of the molecule is Cc1c(-c2[nH]c3sc([C@]45CCN(CC(N)=O)CC4C5)c(C)c3c2C(C)C)cn2ncnc2c1C. The smallest absolute Gasteiger partial charge is 0.231 e. The Morgan fingerprint density at radius 3 is 2.79 bits per heavy atom. The van der Waals surface area contributed by atoms with Crippen LogP contribution in [0.5, 0.6) is 0 Å². The standard InChI is InChI=1S/C26H32N6OS/c1-13(2)20-21-16(5)23(26-6-7-31(11-19(27)33)9-17(26)8-26)34-25(21)30-22(20)18-10-32-24(28-12-29-32)15(4)14(18)3/h10,12-13,17,30H,6-9,11H2,1-5H3,(H2,27,33)/t17?,26-/m0/s1. The van der Waals surface area contributed by atoms with Crippen molar-refractivity contribution in [3.63, 3.8) is 0 Å². The monoisotopic (exact) mass is 476 g/mol. The number of fused-ring (bicyclic) bond motifs is 3. The number of piperidine rings is 1. The average molecular weight is 477 g/mol. The Labute approximate surface area is 203 Å². The van der Waals surface area contributed by atoms with E-state index in [1.54, 1.807) is 11.2 Å². The summed E-state index contributed by atoms with van der Waals surface area (Å²) in [6, 6.07) is 0. The van der Waals surface area contributed by atoms with Gasteiger partial charge in [0.25, 0.3) is 0 Å². The number of aromatic nitrogens is 4. The number of nitrogens with zero attached hydrogens (tertiary/aromatic N) is 4. The summed E-state index contributed by atoms with van der Waals surface area (Å²) < 4.78 is 1.89. The molecule has 1 aliphatic heterocycles. The van der Waals surface area contributed by atoms with Gasteiger partial charge < -0.3 is 10.7 Å². The largest absolute Gasteiger partial charge is 0.369 e. The molecule has 8 heteroatoms. The molecule has 6 rings (SSSR count). The molecule has 2 atom stereocenters. The van der Waals surface area contributed by atoms with Crippen LogP contribution in [0, 0.1) is 26.7 Å². The number of carbonyl (C=O) groups excluding carboxylic acids is 1. The lowest BCUT2D eigenvalue weighted by Gasteiger charge is -2.30. The summed E-state index contributed by atoms with van der Waals surface area (Å²) in [5.74, 6) is 0.794. The van der Waals surface area contributed by atoms with Crippen molar-refractivity contribution in [1.29, 1.82) is 0 Å². The molecule has 3 N–H and O–H groups in total. The number of nitrogens with two attached hydrogens (primary N) is 1. The van der Waals surface area contributed by atoms with Crippen LogP contribution in [0.2, 0.25) is 0 Å². The zero-order valence-corrected chi connectivity index (χ0v) is 21.3. The number of pyridine rings is 1. The molecule has 178 valence electrons. The van der Waals surface area contributed by atoms with E-state index in [0.717, 1.165) is 25.2 Å². The lowest BCUT2D eigenvalue weighted by Crippen LogP contribution is -2.41. The number of rotatable bonds is 5. The maximum Gasteiger partial charge on any atom is 0.231 e. The first kappa shape index (κ1) is 21.8. The number of aromatic amines is 1. The molecule has 1 saturated heterocycles. The summed E-state index contributed by atoms with van der Waals surface area (Å²) in [7, 11) is 0. The van der Waals surface area contributed by atoms with E-state index in [9.17, 15) is 4.79 Å². The first-order chi connectivity index (χ1) is 16.2. The van der Waals surface area contributed by atoms with Crippen LogP contribution in [-0.4, -0.2) is 50.0 Å². The molecular formula is C26H32N6OS. The Hall–Kier alpha value is -2.71. The summed E-state index contributed by atoms with van der Waals surface area (Å²) in [5.41, 5.74) is 14.3. The van der Waals surface area contributed by atoms with Crippen LogP contribution in [0.25, 0.3) is 27.1 Å². The number of nitrogens with one attached hydrogen (secondary N) is 1. The van der Waals surface area contributed by atoms with Crippen molar-refractivity contribution >= 4 is 33.1 Å². The number of likely N-dealkylation sites (tertiary alicyclic amines) is 1. The van der Waals surface area contributed by atoms with Crippen molar-refractivity contribution in [2.45, 2.75) is 58.8 Å². The van der Waals surface area contributed by atoms with Gasteiger partial charge in [0.05, 0.1) is 12.2 Å². The highest BCUT2D eigenvalue weighted by Gasteiger charge is 2.59. The van der Waals surface area contributed by atoms with Gasteiger partial charge in [-0.25, -0.2) is 9.50 Å². The Morgan fingerprint density at radius 2 is 2.09 bits per heavy atom. The van der Waals surface area contributed by atoms with Crippen LogP contribution < -0.4 is 5.73 Å². The van der Waals surface area contributed by atoms with Crippen molar-refractivity contribution in [3.8, 4) is 11.3 Å². The third kappa shape index (κ3) is 3.01. The molecule has 1 saturated carbocycles. The Kier molecular flexibility index (Phi) is 4.74. The first-order valence-corrected chi connectivity index (χ1v) is 13.0. The maximum atomic E-state index is 11.4. The highest BCUT2D eigenvalue weighted by molar-refractivity contribution is 7.19. The third-order valence-corrected chi connectivity index (χ3v) is 9.74. The van der Waals surface area contributed by atoms with Crippen LogP contribution >= 0.6 is 11.3 Å². The predicted octanol–water partition coefficient (Wildman–Crippen LogP) is 4.44. The van der Waals surface area contributed by atoms with Crippen LogP contribution in [0.4, 0.5) is 0 Å². The van der Waals surface area contributed by atoms with Gasteiger partial charge in [-0.15, -0.1) is 11.3 Å². The molecule has 2 aliphatic rings. The van der Waals surface area contributed by atoms with Crippen molar-refractivity contribution in [2.75, 3.05) is 19.6 Å². The number of carbonyl (C=O) groups is 1. The zero-order valence-electron chi connectivity index (χ0n) is 20.5. The van der Waals surface area contributed by atoms with E-state index in [0.29, 0.717) is 18.4 Å². The van der Waals surface area contributed by atoms with Crippen LogP contribution in [-0.2, 0) is 10.2 Å². The number of H-pyrrole nitrogens is 1. The molecular weight excluding hydrogens is 444 g/mol. The van der Waals surface area contributed by atoms with Gasteiger partial charge in [0, 0.05) is 34.0 Å². The summed E-state index contributed by atoms with van der Waals surface area (Å²) >= 11 is 1.95. The quantitative estimate of drug-likeness (QED) is 0.445. The molecule has 0 aromatic carbocycles. The fourth-order valence-corrected chi connectivity index (χ4v) is 7.93. The summed E-state index contributed by atoms with van der Waals surface area (Å²) in [6.07, 6.45) is 6.07. The highest BCUT2D eigenvalue weighted by atomic mass is 32.1. The zero-order chi connectivity index (χ0) is 23.9. The van der Waals surface area contributed by atoms with E-state index >= 15 is 0 Å². The molecule has 0 radical (unpaired) electrons. The van der Waals surface area contributed by atoms with Crippen molar-refractivity contribution in [3.05, 3.63) is 39.7 Å². The maximum absolute atomic E-state index is 11.4. The number of hydrogen-bond acceptors (Lipinski definition) is 5. The second kappa shape index (κ2) is 7.39. The molecule has 5 heterocycles. The van der Waals surface area contributed by atoms with Gasteiger partial charge in [-0.05, 0) is 74.2 Å². The van der Waals surface area contributed by atoms with E-state index in [1.165, 1.54) is 50.1 Å². The first-order valence-electron chi connectivity index (χ1n) is 12.2. The predicted molar refractivity (Wildman–Crippen MR) is 136 cm³/mol. The minimum absolute atomic E-state index is 0.225. The molecule has 0 bridgehead atoms. The normalized spacial score (nSPS) is 22.7. The summed E-state index contributed by atoms with van der Waals surface area (Å²) in [6.45, 7) is 13.5. The average Bonchev–Trinajstić information content (AvgIpc) is 3.06. The number of aryl methyl sites for hydroxylation is 2. The molecule has 7 nitrogen and oxygen atoms in total. The van der Waals surface area contributed by atoms with Gasteiger partial charge in [-0.3, -0.25) is 9.69 Å². The van der Waals surface area contributed by atoms with Crippen LogP contribution in [0.15, 0.2) is 12.5 Å². The molecule has 1 unspecified atom stereocenters. The van der Waals surface area contributed by atoms with Crippen LogP contribution in [0.3, 0.4) is 0 Å². The Morgan fingerprint density at radius 1 is 1.29 bits per heavy atom. The van der Waals surface area contributed by atoms with Gasteiger partial charge in [-0.2, -0.15) is 5.10 Å². The summed E-state index contributed by atoms with van der Waals surface area (Å²) in [4.78, 5) is 24.7. The van der Waals surface area contributed by atoms with Gasteiger partial charge in [0.2, 0.25) is 5.91 Å². The fraction of sp³-hybridized carbons (Fsp3) is 0.500. The molecule has 4 aromatic rings. The lowest BCUT2D eigenvalue weighted by atomic mass is 9.88. The lowest BCUT2D eigenvalue weighted by molar-refractivity contribution is -0.119. The summed E-state index contributed by atoms with van der Waals surface area (Å²) in [5, 5.41) is 5.82. The number of primary amides is 1. The second-order valence-corrected chi connectivity index (χ2v) is 11.7. The van der Waals surface area contributed by atoms with Gasteiger partial charge in [0.1, 0.15) is 11.2 Å². The van der Waals surface area contributed by atoms with E-state index in [1.807, 2.05) is 15.9 Å². The third-order valence-electron chi connectivity index (χ3n) is 8.31. The molecule has 2 fully saturated rings.